The van der Waals surface area contributed by atoms with Crippen molar-refractivity contribution in [2.45, 2.75) is 18.1 Å². The monoisotopic (exact) mass is 389 g/mol. The van der Waals surface area contributed by atoms with Gasteiger partial charge in [-0.15, -0.1) is 0 Å². The predicted molar refractivity (Wildman–Crippen MR) is 102 cm³/mol. The topological polar surface area (TPSA) is 70.6 Å². The van der Waals surface area contributed by atoms with E-state index in [1.165, 1.54) is 11.8 Å². The zero-order valence-electron chi connectivity index (χ0n) is 14.2. The van der Waals surface area contributed by atoms with Crippen molar-refractivity contribution < 1.29 is 18.4 Å². The maximum absolute atomic E-state index is 13.6. The molecule has 2 aromatic carbocycles. The van der Waals surface area contributed by atoms with Crippen molar-refractivity contribution in [1.82, 2.24) is 5.32 Å². The molecule has 140 valence electrons. The minimum atomic E-state index is -0.866. The molecule has 1 aliphatic heterocycles. The number of carbonyl (C=O) groups is 2. The van der Waals surface area contributed by atoms with Crippen LogP contribution in [-0.2, 0) is 16.0 Å². The molecule has 0 radical (unpaired) electrons. The summed E-state index contributed by atoms with van der Waals surface area (Å²) in [5.74, 6) is -2.44. The SMILES string of the molecule is O=C(CC1SC(=NCCc2ccccc2)NC1=O)Nc1ccc(F)cc1F. The smallest absolute Gasteiger partial charge is 0.240 e. The standard InChI is InChI=1S/C19H17F2N3O2S/c20-13-6-7-15(14(21)10-13)23-17(25)11-16-18(26)24-19(27-16)22-9-8-12-4-2-1-3-5-12/h1-7,10,16H,8-9,11H2,(H,23,25)(H,22,24,26). The first-order valence-electron chi connectivity index (χ1n) is 8.32. The molecule has 0 bridgehead atoms. The van der Waals surface area contributed by atoms with Crippen LogP contribution in [0.25, 0.3) is 0 Å². The number of rotatable bonds is 6. The van der Waals surface area contributed by atoms with Gasteiger partial charge in [0.05, 0.1) is 5.69 Å². The summed E-state index contributed by atoms with van der Waals surface area (Å²) >= 11 is 1.17. The van der Waals surface area contributed by atoms with Crippen LogP contribution in [0.1, 0.15) is 12.0 Å². The van der Waals surface area contributed by atoms with Gasteiger partial charge in [-0.25, -0.2) is 8.78 Å². The molecule has 2 N–H and O–H groups in total. The number of carbonyl (C=O) groups excluding carboxylic acids is 2. The summed E-state index contributed by atoms with van der Waals surface area (Å²) in [6.45, 7) is 0.520. The van der Waals surface area contributed by atoms with Gasteiger partial charge in [-0.2, -0.15) is 0 Å². The molecule has 3 rings (SSSR count). The molecule has 5 nitrogen and oxygen atoms in total. The lowest BCUT2D eigenvalue weighted by Gasteiger charge is -2.08. The number of hydrogen-bond acceptors (Lipinski definition) is 4. The first kappa shape index (κ1) is 19.0. The highest BCUT2D eigenvalue weighted by molar-refractivity contribution is 8.15. The highest BCUT2D eigenvalue weighted by atomic mass is 32.2. The fourth-order valence-corrected chi connectivity index (χ4v) is 3.50. The van der Waals surface area contributed by atoms with E-state index in [1.54, 1.807) is 0 Å². The Morgan fingerprint density at radius 2 is 1.96 bits per heavy atom. The Labute approximate surface area is 159 Å². The maximum atomic E-state index is 13.6. The summed E-state index contributed by atoms with van der Waals surface area (Å²) in [6, 6.07) is 12.7. The van der Waals surface area contributed by atoms with E-state index in [9.17, 15) is 18.4 Å². The van der Waals surface area contributed by atoms with Crippen LogP contribution < -0.4 is 10.6 Å². The second-order valence-corrected chi connectivity index (χ2v) is 7.09. The first-order valence-corrected chi connectivity index (χ1v) is 9.20. The normalized spacial score (nSPS) is 17.8. The lowest BCUT2D eigenvalue weighted by Crippen LogP contribution is -2.28. The molecule has 1 unspecified atom stereocenters. The average molecular weight is 389 g/mol. The number of benzene rings is 2. The van der Waals surface area contributed by atoms with E-state index in [1.807, 2.05) is 30.3 Å². The van der Waals surface area contributed by atoms with Gasteiger partial charge in [0.25, 0.3) is 0 Å². The van der Waals surface area contributed by atoms with Crippen molar-refractivity contribution in [3.8, 4) is 0 Å². The van der Waals surface area contributed by atoms with E-state index >= 15 is 0 Å². The van der Waals surface area contributed by atoms with Crippen molar-refractivity contribution in [3.63, 3.8) is 0 Å². The number of hydrogen-bond donors (Lipinski definition) is 2. The molecule has 1 fully saturated rings. The second-order valence-electron chi connectivity index (χ2n) is 5.89. The molecule has 0 aromatic heterocycles. The van der Waals surface area contributed by atoms with Gasteiger partial charge < -0.3 is 10.6 Å². The van der Waals surface area contributed by atoms with E-state index in [4.69, 9.17) is 0 Å². The molecule has 1 saturated heterocycles. The molecule has 27 heavy (non-hydrogen) atoms. The van der Waals surface area contributed by atoms with Gasteiger partial charge in [0.1, 0.15) is 16.9 Å². The predicted octanol–water partition coefficient (Wildman–Crippen LogP) is 3.12. The third-order valence-corrected chi connectivity index (χ3v) is 4.97. The van der Waals surface area contributed by atoms with Crippen LogP contribution in [0.3, 0.4) is 0 Å². The quantitative estimate of drug-likeness (QED) is 0.798. The number of aliphatic imine (C=N–C) groups is 1. The fraction of sp³-hybridized carbons (Fsp3) is 0.211. The Hall–Kier alpha value is -2.74. The molecule has 0 aliphatic carbocycles. The number of nitrogens with zero attached hydrogens (tertiary/aromatic N) is 1. The van der Waals surface area contributed by atoms with Crippen LogP contribution in [0.5, 0.6) is 0 Å². The number of amides is 2. The molecule has 2 amide bonds. The van der Waals surface area contributed by atoms with Crippen molar-refractivity contribution in [1.29, 1.82) is 0 Å². The van der Waals surface area contributed by atoms with Gasteiger partial charge in [-0.05, 0) is 24.1 Å². The van der Waals surface area contributed by atoms with Gasteiger partial charge in [-0.3, -0.25) is 14.6 Å². The minimum Gasteiger partial charge on any atom is -0.324 e. The molecular weight excluding hydrogens is 372 g/mol. The van der Waals surface area contributed by atoms with Gasteiger partial charge in [0.15, 0.2) is 5.17 Å². The van der Waals surface area contributed by atoms with E-state index < -0.39 is 22.8 Å². The molecule has 8 heteroatoms. The Morgan fingerprint density at radius 1 is 1.19 bits per heavy atom. The Balaban J connectivity index is 1.51. The summed E-state index contributed by atoms with van der Waals surface area (Å²) in [5.41, 5.74) is 1.02. The summed E-state index contributed by atoms with van der Waals surface area (Å²) in [4.78, 5) is 28.4. The number of nitrogens with one attached hydrogen (secondary N) is 2. The zero-order valence-corrected chi connectivity index (χ0v) is 15.1. The molecule has 0 saturated carbocycles. The van der Waals surface area contributed by atoms with Crippen molar-refractivity contribution in [2.75, 3.05) is 11.9 Å². The Morgan fingerprint density at radius 3 is 2.70 bits per heavy atom. The third kappa shape index (κ3) is 5.37. The van der Waals surface area contributed by atoms with Crippen molar-refractivity contribution in [3.05, 3.63) is 65.7 Å². The van der Waals surface area contributed by atoms with E-state index in [-0.39, 0.29) is 18.0 Å². The van der Waals surface area contributed by atoms with Crippen LogP contribution >= 0.6 is 11.8 Å². The largest absolute Gasteiger partial charge is 0.324 e. The summed E-state index contributed by atoms with van der Waals surface area (Å²) in [7, 11) is 0. The molecule has 1 heterocycles. The van der Waals surface area contributed by atoms with Crippen LogP contribution in [0.15, 0.2) is 53.5 Å². The van der Waals surface area contributed by atoms with Gasteiger partial charge in [0.2, 0.25) is 11.8 Å². The molecule has 1 atom stereocenters. The van der Waals surface area contributed by atoms with Crippen molar-refractivity contribution in [2.24, 2.45) is 4.99 Å². The zero-order chi connectivity index (χ0) is 19.2. The highest BCUT2D eigenvalue weighted by Crippen LogP contribution is 2.23. The fourth-order valence-electron chi connectivity index (χ4n) is 2.51. The summed E-state index contributed by atoms with van der Waals surface area (Å²) in [5, 5.41) is 4.84. The number of thioether (sulfide) groups is 1. The lowest BCUT2D eigenvalue weighted by atomic mass is 10.2. The molecular formula is C19H17F2N3O2S. The molecule has 2 aromatic rings. The van der Waals surface area contributed by atoms with Crippen LogP contribution in [-0.4, -0.2) is 28.8 Å². The van der Waals surface area contributed by atoms with Crippen molar-refractivity contribution >= 4 is 34.4 Å². The minimum absolute atomic E-state index is 0.124. The summed E-state index contributed by atoms with van der Waals surface area (Å²) in [6.07, 6.45) is 0.612. The van der Waals surface area contributed by atoms with Crippen LogP contribution in [0, 0.1) is 11.6 Å². The van der Waals surface area contributed by atoms with E-state index in [2.05, 4.69) is 15.6 Å². The van der Waals surface area contributed by atoms with Gasteiger partial charge >= 0.3 is 0 Å². The second kappa shape index (κ2) is 8.77. The number of halogens is 2. The van der Waals surface area contributed by atoms with Gasteiger partial charge in [0, 0.05) is 19.0 Å². The first-order chi connectivity index (χ1) is 13.0. The lowest BCUT2D eigenvalue weighted by molar-refractivity contribution is -0.122. The number of amidine groups is 1. The third-order valence-electron chi connectivity index (χ3n) is 3.85. The Kier molecular flexibility index (Phi) is 6.18. The Bertz CT molecular complexity index is 875. The van der Waals surface area contributed by atoms with Crippen LogP contribution in [0.2, 0.25) is 0 Å². The average Bonchev–Trinajstić information content (AvgIpc) is 2.98. The van der Waals surface area contributed by atoms with E-state index in [0.29, 0.717) is 17.8 Å². The maximum Gasteiger partial charge on any atom is 0.240 e. The van der Waals surface area contributed by atoms with Gasteiger partial charge in [-0.1, -0.05) is 42.1 Å². The molecule has 0 spiro atoms. The highest BCUT2D eigenvalue weighted by Gasteiger charge is 2.32. The van der Waals surface area contributed by atoms with Crippen LogP contribution in [0.4, 0.5) is 14.5 Å². The number of anilines is 1. The molecule has 1 aliphatic rings. The summed E-state index contributed by atoms with van der Waals surface area (Å²) < 4.78 is 26.5. The van der Waals surface area contributed by atoms with E-state index in [0.717, 1.165) is 24.1 Å².